The first-order valence-electron chi connectivity index (χ1n) is 10.5. The van der Waals surface area contributed by atoms with Crippen molar-refractivity contribution in [2.75, 3.05) is 26.2 Å². The van der Waals surface area contributed by atoms with E-state index in [4.69, 9.17) is 9.73 Å². The molecule has 2 aromatic rings. The quantitative estimate of drug-likeness (QED) is 0.837. The number of aliphatic imine (C=N–C) groups is 1. The predicted octanol–water partition coefficient (Wildman–Crippen LogP) is 2.31. The fourth-order valence-electron chi connectivity index (χ4n) is 3.85. The van der Waals surface area contributed by atoms with Gasteiger partial charge in [-0.3, -0.25) is 9.67 Å². The molecule has 0 bridgehead atoms. The number of carbonyl (C=O) groups is 1. The molecule has 1 atom stereocenters. The number of carbonyl (C=O) groups excluding carboxylic acids is 1. The molecular weight excluding hydrogens is 380 g/mol. The fourth-order valence-corrected chi connectivity index (χ4v) is 3.85. The molecule has 30 heavy (non-hydrogen) atoms. The van der Waals surface area contributed by atoms with Crippen LogP contribution in [-0.4, -0.2) is 69.5 Å². The lowest BCUT2D eigenvalue weighted by Gasteiger charge is -2.39. The molecule has 1 aromatic heterocycles. The van der Waals surface area contributed by atoms with E-state index in [0.29, 0.717) is 26.2 Å². The van der Waals surface area contributed by atoms with Gasteiger partial charge in [0.1, 0.15) is 5.60 Å². The Morgan fingerprint density at radius 3 is 2.73 bits per heavy atom. The molecule has 1 fully saturated rings. The Hall–Kier alpha value is -3.03. The number of piperazine rings is 1. The second-order valence-electron chi connectivity index (χ2n) is 8.76. The predicted molar refractivity (Wildman–Crippen MR) is 115 cm³/mol. The third-order valence-corrected chi connectivity index (χ3v) is 5.31. The molecule has 0 spiro atoms. The van der Waals surface area contributed by atoms with E-state index in [1.165, 1.54) is 11.1 Å². The Morgan fingerprint density at radius 2 is 2.00 bits per heavy atom. The SMILES string of the molecule is CC(C)(C)OC(=O)N1CCN2C(NCc3ccccc3Cn3cccn3)=NCC2C1. The molecule has 4 rings (SSSR count). The number of amides is 1. The van der Waals surface area contributed by atoms with Gasteiger partial charge in [-0.05, 0) is 38.0 Å². The van der Waals surface area contributed by atoms with Gasteiger partial charge in [0, 0.05) is 38.6 Å². The molecule has 1 saturated heterocycles. The molecule has 8 nitrogen and oxygen atoms in total. The first-order valence-corrected chi connectivity index (χ1v) is 10.5. The molecule has 0 aliphatic carbocycles. The average Bonchev–Trinajstić information content (AvgIpc) is 3.35. The van der Waals surface area contributed by atoms with E-state index in [1.807, 2.05) is 37.7 Å². The summed E-state index contributed by atoms with van der Waals surface area (Å²) in [6, 6.07) is 10.5. The van der Waals surface area contributed by atoms with Gasteiger partial charge in [0.2, 0.25) is 0 Å². The van der Waals surface area contributed by atoms with Crippen LogP contribution in [0.4, 0.5) is 4.79 Å². The van der Waals surface area contributed by atoms with Gasteiger partial charge >= 0.3 is 6.09 Å². The van der Waals surface area contributed by atoms with Gasteiger partial charge in [0.05, 0.1) is 19.1 Å². The zero-order valence-electron chi connectivity index (χ0n) is 17.9. The molecule has 3 heterocycles. The van der Waals surface area contributed by atoms with Crippen molar-refractivity contribution in [1.29, 1.82) is 0 Å². The molecule has 1 unspecified atom stereocenters. The Kier molecular flexibility index (Phi) is 5.65. The Bertz CT molecular complexity index is 903. The van der Waals surface area contributed by atoms with E-state index in [0.717, 1.165) is 19.0 Å². The van der Waals surface area contributed by atoms with Crippen molar-refractivity contribution in [1.82, 2.24) is 24.9 Å². The highest BCUT2D eigenvalue weighted by atomic mass is 16.6. The zero-order valence-corrected chi connectivity index (χ0v) is 17.9. The minimum absolute atomic E-state index is 0.202. The summed E-state index contributed by atoms with van der Waals surface area (Å²) in [6.07, 6.45) is 3.53. The van der Waals surface area contributed by atoms with Gasteiger partial charge in [-0.15, -0.1) is 0 Å². The van der Waals surface area contributed by atoms with Crippen LogP contribution in [0.1, 0.15) is 31.9 Å². The molecule has 1 aromatic carbocycles. The molecule has 1 N–H and O–H groups in total. The van der Waals surface area contributed by atoms with Crippen molar-refractivity contribution in [3.05, 3.63) is 53.9 Å². The number of hydrogen-bond donors (Lipinski definition) is 1. The molecule has 0 radical (unpaired) electrons. The van der Waals surface area contributed by atoms with Crippen molar-refractivity contribution in [3.63, 3.8) is 0 Å². The first-order chi connectivity index (χ1) is 14.4. The lowest BCUT2D eigenvalue weighted by Crippen LogP contribution is -2.57. The molecule has 2 aliphatic rings. The summed E-state index contributed by atoms with van der Waals surface area (Å²) in [7, 11) is 0. The van der Waals surface area contributed by atoms with Gasteiger partial charge in [-0.25, -0.2) is 4.79 Å². The minimum Gasteiger partial charge on any atom is -0.444 e. The molecular formula is C22H30N6O2. The number of nitrogens with one attached hydrogen (secondary N) is 1. The van der Waals surface area contributed by atoms with Crippen molar-refractivity contribution in [2.24, 2.45) is 4.99 Å². The summed E-state index contributed by atoms with van der Waals surface area (Å²) in [6.45, 7) is 9.86. The third-order valence-electron chi connectivity index (χ3n) is 5.31. The van der Waals surface area contributed by atoms with E-state index in [-0.39, 0.29) is 12.1 Å². The van der Waals surface area contributed by atoms with Crippen LogP contribution >= 0.6 is 0 Å². The smallest absolute Gasteiger partial charge is 0.410 e. The fraction of sp³-hybridized carbons (Fsp3) is 0.500. The number of fused-ring (bicyclic) bond motifs is 1. The summed E-state index contributed by atoms with van der Waals surface area (Å²) in [4.78, 5) is 21.2. The van der Waals surface area contributed by atoms with Crippen molar-refractivity contribution in [2.45, 2.75) is 45.5 Å². The van der Waals surface area contributed by atoms with Gasteiger partial charge < -0.3 is 19.9 Å². The van der Waals surface area contributed by atoms with Crippen molar-refractivity contribution < 1.29 is 9.53 Å². The topological polar surface area (TPSA) is 75.0 Å². The summed E-state index contributed by atoms with van der Waals surface area (Å²) in [5.41, 5.74) is 1.99. The van der Waals surface area contributed by atoms with Crippen LogP contribution in [0, 0.1) is 0 Å². The van der Waals surface area contributed by atoms with Crippen LogP contribution in [0.15, 0.2) is 47.7 Å². The summed E-state index contributed by atoms with van der Waals surface area (Å²) in [5, 5.41) is 7.82. The highest BCUT2D eigenvalue weighted by Gasteiger charge is 2.36. The Morgan fingerprint density at radius 1 is 1.20 bits per heavy atom. The maximum atomic E-state index is 12.4. The Balaban J connectivity index is 1.33. The second-order valence-corrected chi connectivity index (χ2v) is 8.76. The molecule has 1 amide bonds. The first kappa shape index (κ1) is 20.3. The van der Waals surface area contributed by atoms with E-state index in [2.05, 4.69) is 39.6 Å². The van der Waals surface area contributed by atoms with E-state index >= 15 is 0 Å². The normalized spacial score (nSPS) is 18.8. The summed E-state index contributed by atoms with van der Waals surface area (Å²) < 4.78 is 7.45. The maximum Gasteiger partial charge on any atom is 0.410 e. The number of benzene rings is 1. The van der Waals surface area contributed by atoms with Crippen LogP contribution in [0.5, 0.6) is 0 Å². The van der Waals surface area contributed by atoms with Crippen LogP contribution in [-0.2, 0) is 17.8 Å². The largest absolute Gasteiger partial charge is 0.444 e. The number of rotatable bonds is 4. The van der Waals surface area contributed by atoms with Gasteiger partial charge in [0.25, 0.3) is 0 Å². The molecule has 8 heteroatoms. The Labute approximate surface area is 177 Å². The van der Waals surface area contributed by atoms with Gasteiger partial charge in [-0.1, -0.05) is 24.3 Å². The summed E-state index contributed by atoms with van der Waals surface area (Å²) >= 11 is 0. The number of ether oxygens (including phenoxy) is 1. The van der Waals surface area contributed by atoms with Crippen LogP contribution in [0.25, 0.3) is 0 Å². The number of aromatic nitrogens is 2. The number of hydrogen-bond acceptors (Lipinski definition) is 6. The third kappa shape index (κ3) is 4.75. The summed E-state index contributed by atoms with van der Waals surface area (Å²) in [5.74, 6) is 0.915. The lowest BCUT2D eigenvalue weighted by atomic mass is 10.1. The van der Waals surface area contributed by atoms with Crippen molar-refractivity contribution >= 4 is 12.1 Å². The van der Waals surface area contributed by atoms with Crippen molar-refractivity contribution in [3.8, 4) is 0 Å². The molecule has 160 valence electrons. The van der Waals surface area contributed by atoms with Crippen LogP contribution in [0.2, 0.25) is 0 Å². The monoisotopic (exact) mass is 410 g/mol. The highest BCUT2D eigenvalue weighted by Crippen LogP contribution is 2.19. The van der Waals surface area contributed by atoms with E-state index < -0.39 is 5.60 Å². The average molecular weight is 411 g/mol. The van der Waals surface area contributed by atoms with Gasteiger partial charge in [-0.2, -0.15) is 5.10 Å². The number of guanidine groups is 1. The second kappa shape index (κ2) is 8.38. The molecule has 0 saturated carbocycles. The van der Waals surface area contributed by atoms with E-state index in [1.54, 1.807) is 11.1 Å². The van der Waals surface area contributed by atoms with E-state index in [9.17, 15) is 4.79 Å². The maximum absolute atomic E-state index is 12.4. The lowest BCUT2D eigenvalue weighted by molar-refractivity contribution is 0.0137. The molecule has 2 aliphatic heterocycles. The van der Waals surface area contributed by atoms with Crippen LogP contribution < -0.4 is 5.32 Å². The van der Waals surface area contributed by atoms with Gasteiger partial charge in [0.15, 0.2) is 5.96 Å². The minimum atomic E-state index is -0.476. The standard InChI is InChI=1S/C22H30N6O2/c1-22(2,3)30-21(29)26-11-12-28-19(16-26)14-24-20(28)23-13-17-7-4-5-8-18(17)15-27-10-6-9-25-27/h4-10,19H,11-16H2,1-3H3,(H,23,24). The zero-order chi connectivity index (χ0) is 21.1. The number of nitrogens with zero attached hydrogens (tertiary/aromatic N) is 5. The highest BCUT2D eigenvalue weighted by molar-refractivity contribution is 5.82. The van der Waals surface area contributed by atoms with Crippen LogP contribution in [0.3, 0.4) is 0 Å².